The van der Waals surface area contributed by atoms with Crippen molar-refractivity contribution in [1.82, 2.24) is 9.78 Å². The fraction of sp³-hybridized carbons (Fsp3) is 0. The highest BCUT2D eigenvalue weighted by atomic mass is 19.1. The van der Waals surface area contributed by atoms with Crippen LogP contribution in [-0.4, -0.2) is 14.7 Å². The van der Waals surface area contributed by atoms with E-state index in [1.54, 1.807) is 12.4 Å². The third-order valence-electron chi connectivity index (χ3n) is 3.03. The number of nitrogens with zero attached hydrogens (tertiary/aromatic N) is 3. The first-order chi connectivity index (χ1) is 10.1. The average molecular weight is 283 g/mol. The third kappa shape index (κ3) is 2.64. The lowest BCUT2D eigenvalue weighted by molar-refractivity contribution is -0.385. The van der Waals surface area contributed by atoms with Crippen LogP contribution in [-0.2, 0) is 0 Å². The van der Waals surface area contributed by atoms with Gasteiger partial charge in [0.2, 0.25) is 0 Å². The molecule has 0 saturated carbocycles. The van der Waals surface area contributed by atoms with Gasteiger partial charge in [0.1, 0.15) is 5.82 Å². The summed E-state index contributed by atoms with van der Waals surface area (Å²) in [4.78, 5) is 10.1. The molecule has 0 saturated heterocycles. The Hall–Kier alpha value is -3.02. The molecule has 0 fully saturated rings. The van der Waals surface area contributed by atoms with E-state index in [-0.39, 0.29) is 5.69 Å². The molecule has 3 rings (SSSR count). The predicted octanol–water partition coefficient (Wildman–Crippen LogP) is 3.59. The molecule has 0 aliphatic heterocycles. The number of hydrogen-bond acceptors (Lipinski definition) is 3. The Morgan fingerprint density at radius 2 is 1.86 bits per heavy atom. The molecule has 104 valence electrons. The van der Waals surface area contributed by atoms with Crippen molar-refractivity contribution in [3.63, 3.8) is 0 Å². The molecular weight excluding hydrogens is 273 g/mol. The number of benzene rings is 2. The number of halogens is 1. The van der Waals surface area contributed by atoms with Gasteiger partial charge >= 0.3 is 0 Å². The lowest BCUT2D eigenvalue weighted by atomic mass is 10.1. The van der Waals surface area contributed by atoms with Crippen LogP contribution in [0.15, 0.2) is 60.9 Å². The zero-order valence-corrected chi connectivity index (χ0v) is 10.8. The average Bonchev–Trinajstić information content (AvgIpc) is 2.97. The van der Waals surface area contributed by atoms with Gasteiger partial charge < -0.3 is 0 Å². The lowest BCUT2D eigenvalue weighted by Gasteiger charge is -2.01. The van der Waals surface area contributed by atoms with Gasteiger partial charge in [-0.2, -0.15) is 5.10 Å². The maximum Gasteiger partial charge on any atom is 0.274 e. The van der Waals surface area contributed by atoms with Gasteiger partial charge in [-0.15, -0.1) is 0 Å². The topological polar surface area (TPSA) is 61.0 Å². The van der Waals surface area contributed by atoms with Gasteiger partial charge in [0.25, 0.3) is 5.69 Å². The van der Waals surface area contributed by atoms with Gasteiger partial charge in [-0.3, -0.25) is 10.1 Å². The largest absolute Gasteiger partial charge is 0.274 e. The highest BCUT2D eigenvalue weighted by Gasteiger charge is 2.12. The van der Waals surface area contributed by atoms with Crippen LogP contribution >= 0.6 is 0 Å². The summed E-state index contributed by atoms with van der Waals surface area (Å²) >= 11 is 0. The Balaban J connectivity index is 2.02. The minimum Gasteiger partial charge on any atom is -0.258 e. The summed E-state index contributed by atoms with van der Waals surface area (Å²) in [7, 11) is 0. The van der Waals surface area contributed by atoms with Crippen LogP contribution in [0.2, 0.25) is 0 Å². The molecule has 6 heteroatoms. The van der Waals surface area contributed by atoms with Crippen molar-refractivity contribution >= 4 is 5.69 Å². The van der Waals surface area contributed by atoms with E-state index in [0.717, 1.165) is 17.2 Å². The van der Waals surface area contributed by atoms with Crippen molar-refractivity contribution in [3.8, 4) is 16.8 Å². The van der Waals surface area contributed by atoms with Crippen LogP contribution in [0.25, 0.3) is 16.8 Å². The van der Waals surface area contributed by atoms with Crippen LogP contribution in [0, 0.1) is 15.9 Å². The monoisotopic (exact) mass is 283 g/mol. The van der Waals surface area contributed by atoms with Gasteiger partial charge in [0.05, 0.1) is 22.9 Å². The van der Waals surface area contributed by atoms with E-state index in [1.165, 1.54) is 16.8 Å². The number of rotatable bonds is 3. The van der Waals surface area contributed by atoms with Crippen molar-refractivity contribution in [1.29, 1.82) is 0 Å². The Morgan fingerprint density at radius 3 is 2.57 bits per heavy atom. The van der Waals surface area contributed by atoms with Crippen LogP contribution in [0.3, 0.4) is 0 Å². The van der Waals surface area contributed by atoms with Crippen molar-refractivity contribution in [3.05, 3.63) is 76.9 Å². The summed E-state index contributed by atoms with van der Waals surface area (Å²) in [6.45, 7) is 0. The second-order valence-electron chi connectivity index (χ2n) is 4.46. The summed E-state index contributed by atoms with van der Waals surface area (Å²) in [5, 5.41) is 14.9. The molecule has 1 aromatic heterocycles. The van der Waals surface area contributed by atoms with Crippen molar-refractivity contribution < 1.29 is 9.31 Å². The van der Waals surface area contributed by atoms with E-state index in [9.17, 15) is 14.5 Å². The Bertz CT molecular complexity index is 800. The normalized spacial score (nSPS) is 10.5. The summed E-state index contributed by atoms with van der Waals surface area (Å²) in [6, 6.07) is 12.9. The molecule has 0 amide bonds. The molecular formula is C15H10FN3O2. The molecule has 0 radical (unpaired) electrons. The van der Waals surface area contributed by atoms with Crippen molar-refractivity contribution in [2.24, 2.45) is 0 Å². The maximum absolute atomic E-state index is 13.5. The quantitative estimate of drug-likeness (QED) is 0.545. The van der Waals surface area contributed by atoms with Crippen LogP contribution in [0.4, 0.5) is 10.1 Å². The summed E-state index contributed by atoms with van der Waals surface area (Å²) in [6.07, 6.45) is 3.33. The molecule has 3 aromatic rings. The smallest absolute Gasteiger partial charge is 0.258 e. The highest BCUT2D eigenvalue weighted by molar-refractivity contribution is 5.62. The number of hydrogen-bond donors (Lipinski definition) is 0. The summed E-state index contributed by atoms with van der Waals surface area (Å²) in [5.74, 6) is -0.670. The number of aromatic nitrogens is 2. The molecule has 0 N–H and O–H groups in total. The standard InChI is InChI=1S/C15H10FN3O2/c16-13-6-14(8-15(7-13)19(20)21)18-10-12(9-17-18)11-4-2-1-3-5-11/h1-10H. The Labute approximate surface area is 119 Å². The molecule has 1 heterocycles. The Morgan fingerprint density at radius 1 is 1.10 bits per heavy atom. The van der Waals surface area contributed by atoms with Gasteiger partial charge in [0, 0.05) is 23.9 Å². The molecule has 0 bridgehead atoms. The zero-order valence-electron chi connectivity index (χ0n) is 10.8. The van der Waals surface area contributed by atoms with Crippen LogP contribution < -0.4 is 0 Å². The van der Waals surface area contributed by atoms with E-state index in [1.807, 2.05) is 30.3 Å². The lowest BCUT2D eigenvalue weighted by Crippen LogP contribution is -1.97. The van der Waals surface area contributed by atoms with E-state index in [2.05, 4.69) is 5.10 Å². The molecule has 0 atom stereocenters. The van der Waals surface area contributed by atoms with Crippen molar-refractivity contribution in [2.45, 2.75) is 0 Å². The van der Waals surface area contributed by atoms with Gasteiger partial charge in [-0.1, -0.05) is 30.3 Å². The predicted molar refractivity (Wildman–Crippen MR) is 75.6 cm³/mol. The SMILES string of the molecule is O=[N+]([O-])c1cc(F)cc(-n2cc(-c3ccccc3)cn2)c1. The number of nitro groups is 1. The first-order valence-corrected chi connectivity index (χ1v) is 6.19. The summed E-state index contributed by atoms with van der Waals surface area (Å²) in [5.41, 5.74) is 1.82. The molecule has 5 nitrogen and oxygen atoms in total. The second kappa shape index (κ2) is 5.16. The van der Waals surface area contributed by atoms with Crippen LogP contribution in [0.5, 0.6) is 0 Å². The van der Waals surface area contributed by atoms with Crippen molar-refractivity contribution in [2.75, 3.05) is 0 Å². The fourth-order valence-electron chi connectivity index (χ4n) is 2.04. The third-order valence-corrected chi connectivity index (χ3v) is 3.03. The number of non-ortho nitro benzene ring substituents is 1. The second-order valence-corrected chi connectivity index (χ2v) is 4.46. The molecule has 0 unspecified atom stereocenters. The molecule has 2 aromatic carbocycles. The number of nitro benzene ring substituents is 1. The van der Waals surface area contributed by atoms with E-state index < -0.39 is 10.7 Å². The molecule has 0 aliphatic carbocycles. The molecule has 0 spiro atoms. The maximum atomic E-state index is 13.5. The van der Waals surface area contributed by atoms with Crippen LogP contribution in [0.1, 0.15) is 0 Å². The minimum atomic E-state index is -0.670. The highest BCUT2D eigenvalue weighted by Crippen LogP contribution is 2.22. The zero-order chi connectivity index (χ0) is 14.8. The summed E-state index contributed by atoms with van der Waals surface area (Å²) < 4.78 is 14.9. The van der Waals surface area contributed by atoms with Gasteiger partial charge in [0.15, 0.2) is 0 Å². The van der Waals surface area contributed by atoms with Gasteiger partial charge in [-0.25, -0.2) is 9.07 Å². The van der Waals surface area contributed by atoms with E-state index in [0.29, 0.717) is 5.69 Å². The fourth-order valence-corrected chi connectivity index (χ4v) is 2.04. The Kier molecular flexibility index (Phi) is 3.19. The molecule has 0 aliphatic rings. The first-order valence-electron chi connectivity index (χ1n) is 6.19. The van der Waals surface area contributed by atoms with E-state index in [4.69, 9.17) is 0 Å². The molecule has 21 heavy (non-hydrogen) atoms. The van der Waals surface area contributed by atoms with Gasteiger partial charge in [-0.05, 0) is 5.56 Å². The minimum absolute atomic E-state index is 0.304. The first kappa shape index (κ1) is 13.0. The van der Waals surface area contributed by atoms with E-state index >= 15 is 0 Å².